The highest BCUT2D eigenvalue weighted by Crippen LogP contribution is 2.45. The number of primary amides is 1. The van der Waals surface area contributed by atoms with Gasteiger partial charge in [0.15, 0.2) is 0 Å². The van der Waals surface area contributed by atoms with Crippen LogP contribution in [-0.2, 0) is 11.2 Å². The van der Waals surface area contributed by atoms with E-state index in [4.69, 9.17) is 15.2 Å². The highest BCUT2D eigenvalue weighted by Gasteiger charge is 2.33. The average Bonchev–Trinajstić information content (AvgIpc) is 3.55. The summed E-state index contributed by atoms with van der Waals surface area (Å²) in [6.07, 6.45) is 8.58. The second-order valence-corrected chi connectivity index (χ2v) is 8.43. The lowest BCUT2D eigenvalue weighted by atomic mass is 9.92. The lowest BCUT2D eigenvalue weighted by molar-refractivity contribution is 0.0997. The van der Waals surface area contributed by atoms with E-state index in [1.54, 1.807) is 23.2 Å². The van der Waals surface area contributed by atoms with E-state index in [2.05, 4.69) is 10.1 Å². The van der Waals surface area contributed by atoms with Crippen LogP contribution in [0.2, 0.25) is 0 Å². The number of pyridine rings is 1. The zero-order valence-electron chi connectivity index (χ0n) is 18.5. The molecule has 1 atom stereocenters. The van der Waals surface area contributed by atoms with Gasteiger partial charge in [0.2, 0.25) is 5.88 Å². The SMILES string of the molecule is COC(=O)N1c2ccc(-c3cnn(C4CC4)c3)c(Oc3ncccc3C(N)=O)c2CC[C@@H]1C. The number of carbonyl (C=O) groups is 2. The molecule has 9 heteroatoms. The molecule has 2 N–H and O–H groups in total. The van der Waals surface area contributed by atoms with Crippen LogP contribution in [0.15, 0.2) is 42.9 Å². The summed E-state index contributed by atoms with van der Waals surface area (Å²) in [6.45, 7) is 1.98. The molecule has 1 aromatic carbocycles. The summed E-state index contributed by atoms with van der Waals surface area (Å²) < 4.78 is 13.3. The summed E-state index contributed by atoms with van der Waals surface area (Å²) in [6, 6.07) is 7.43. The first kappa shape index (κ1) is 21.0. The third kappa shape index (κ3) is 3.79. The Kier molecular flexibility index (Phi) is 5.24. The second-order valence-electron chi connectivity index (χ2n) is 8.43. The van der Waals surface area contributed by atoms with Crippen molar-refractivity contribution in [3.05, 3.63) is 54.0 Å². The number of fused-ring (bicyclic) bond motifs is 1. The zero-order valence-corrected chi connectivity index (χ0v) is 18.5. The van der Waals surface area contributed by atoms with Crippen LogP contribution in [0.25, 0.3) is 11.1 Å². The topological polar surface area (TPSA) is 113 Å². The number of amides is 2. The fourth-order valence-corrected chi connectivity index (χ4v) is 4.30. The third-order valence-electron chi connectivity index (χ3n) is 6.19. The standard InChI is InChI=1S/C24H25N5O4/c1-14-5-8-18-20(29(14)24(31)32-2)10-9-17(15-12-27-28(13-15)16-6-7-16)21(18)33-23-19(22(25)30)4-3-11-26-23/h3-4,9-14,16H,5-8H2,1-2H3,(H2,25,30)/t14-/m0/s1. The van der Waals surface area contributed by atoms with Crippen molar-refractivity contribution < 1.29 is 19.1 Å². The van der Waals surface area contributed by atoms with Crippen LogP contribution in [0.1, 0.15) is 48.1 Å². The van der Waals surface area contributed by atoms with Crippen molar-refractivity contribution in [2.75, 3.05) is 12.0 Å². The van der Waals surface area contributed by atoms with Crippen molar-refractivity contribution in [1.29, 1.82) is 0 Å². The Bertz CT molecular complexity index is 1230. The highest BCUT2D eigenvalue weighted by atomic mass is 16.5. The van der Waals surface area contributed by atoms with E-state index in [9.17, 15) is 9.59 Å². The van der Waals surface area contributed by atoms with Crippen LogP contribution in [-0.4, -0.2) is 39.9 Å². The summed E-state index contributed by atoms with van der Waals surface area (Å²) in [7, 11) is 1.37. The lowest BCUT2D eigenvalue weighted by Crippen LogP contribution is -2.42. The van der Waals surface area contributed by atoms with Crippen molar-refractivity contribution in [2.45, 2.75) is 44.7 Å². The molecule has 5 rings (SSSR count). The van der Waals surface area contributed by atoms with Gasteiger partial charge in [-0.2, -0.15) is 5.10 Å². The Morgan fingerprint density at radius 1 is 1.18 bits per heavy atom. The first-order valence-corrected chi connectivity index (χ1v) is 11.0. The van der Waals surface area contributed by atoms with Gasteiger partial charge in [-0.05, 0) is 56.9 Å². The normalized spacial score (nSPS) is 17.4. The third-order valence-corrected chi connectivity index (χ3v) is 6.19. The van der Waals surface area contributed by atoms with Gasteiger partial charge in [0.05, 0.1) is 25.0 Å². The van der Waals surface area contributed by atoms with Gasteiger partial charge in [0.1, 0.15) is 11.3 Å². The maximum Gasteiger partial charge on any atom is 0.414 e. The zero-order chi connectivity index (χ0) is 23.1. The molecule has 3 heterocycles. The van der Waals surface area contributed by atoms with Crippen LogP contribution in [0.5, 0.6) is 11.6 Å². The number of rotatable bonds is 5. The molecule has 2 aliphatic rings. The van der Waals surface area contributed by atoms with Crippen molar-refractivity contribution in [2.24, 2.45) is 5.73 Å². The molecule has 9 nitrogen and oxygen atoms in total. The molecule has 1 saturated carbocycles. The molecule has 1 aliphatic carbocycles. The number of ether oxygens (including phenoxy) is 2. The molecule has 0 spiro atoms. The van der Waals surface area contributed by atoms with Gasteiger partial charge in [0, 0.05) is 35.1 Å². The van der Waals surface area contributed by atoms with Crippen LogP contribution < -0.4 is 15.4 Å². The van der Waals surface area contributed by atoms with Crippen molar-refractivity contribution in [3.8, 4) is 22.8 Å². The molecule has 3 aromatic rings. The summed E-state index contributed by atoms with van der Waals surface area (Å²) >= 11 is 0. The number of benzene rings is 1. The van der Waals surface area contributed by atoms with Gasteiger partial charge in [-0.3, -0.25) is 14.4 Å². The van der Waals surface area contributed by atoms with Crippen molar-refractivity contribution in [1.82, 2.24) is 14.8 Å². The molecular weight excluding hydrogens is 422 g/mol. The molecule has 33 heavy (non-hydrogen) atoms. The number of anilines is 1. The first-order valence-electron chi connectivity index (χ1n) is 11.0. The Balaban J connectivity index is 1.67. The molecule has 2 amide bonds. The minimum Gasteiger partial charge on any atom is -0.452 e. The highest BCUT2D eigenvalue weighted by molar-refractivity contribution is 5.95. The number of aromatic nitrogens is 3. The lowest BCUT2D eigenvalue weighted by Gasteiger charge is -2.35. The predicted octanol–water partition coefficient (Wildman–Crippen LogP) is 4.08. The summed E-state index contributed by atoms with van der Waals surface area (Å²) in [5.41, 5.74) is 8.99. The molecule has 1 aliphatic heterocycles. The van der Waals surface area contributed by atoms with Crippen LogP contribution in [0.4, 0.5) is 10.5 Å². The van der Waals surface area contributed by atoms with E-state index in [1.807, 2.05) is 36.1 Å². The number of nitrogens with zero attached hydrogens (tertiary/aromatic N) is 4. The second kappa shape index (κ2) is 8.23. The average molecular weight is 447 g/mol. The first-order chi connectivity index (χ1) is 16.0. The predicted molar refractivity (Wildman–Crippen MR) is 121 cm³/mol. The van der Waals surface area contributed by atoms with E-state index in [-0.39, 0.29) is 17.5 Å². The largest absolute Gasteiger partial charge is 0.452 e. The molecule has 0 unspecified atom stereocenters. The number of methoxy groups -OCH3 is 1. The molecule has 0 radical (unpaired) electrons. The Hall–Kier alpha value is -3.88. The van der Waals surface area contributed by atoms with Gasteiger partial charge in [0.25, 0.3) is 5.91 Å². The fourth-order valence-electron chi connectivity index (χ4n) is 4.30. The minimum absolute atomic E-state index is 0.0303. The molecule has 170 valence electrons. The number of hydrogen-bond acceptors (Lipinski definition) is 6. The minimum atomic E-state index is -0.629. The Morgan fingerprint density at radius 2 is 2.00 bits per heavy atom. The van der Waals surface area contributed by atoms with Gasteiger partial charge in [-0.1, -0.05) is 0 Å². The monoisotopic (exact) mass is 447 g/mol. The summed E-state index contributed by atoms with van der Waals surface area (Å²) in [5, 5.41) is 4.52. The molecule has 0 saturated heterocycles. The van der Waals surface area contributed by atoms with Gasteiger partial charge >= 0.3 is 6.09 Å². The maximum atomic E-state index is 12.6. The quantitative estimate of drug-likeness (QED) is 0.631. The Morgan fingerprint density at radius 3 is 2.73 bits per heavy atom. The van der Waals surface area contributed by atoms with E-state index in [0.717, 1.165) is 36.0 Å². The van der Waals surface area contributed by atoms with Gasteiger partial charge < -0.3 is 15.2 Å². The fraction of sp³-hybridized carbons (Fsp3) is 0.333. The van der Waals surface area contributed by atoms with Crippen LogP contribution >= 0.6 is 0 Å². The molecule has 1 fully saturated rings. The summed E-state index contributed by atoms with van der Waals surface area (Å²) in [5.74, 6) is 0.0261. The van der Waals surface area contributed by atoms with Crippen LogP contribution in [0, 0.1) is 0 Å². The smallest absolute Gasteiger partial charge is 0.414 e. The number of carbonyl (C=O) groups excluding carboxylic acids is 2. The maximum absolute atomic E-state index is 12.6. The van der Waals surface area contributed by atoms with E-state index >= 15 is 0 Å². The van der Waals surface area contributed by atoms with Gasteiger partial charge in [-0.25, -0.2) is 9.78 Å². The van der Waals surface area contributed by atoms with E-state index in [1.165, 1.54) is 7.11 Å². The summed E-state index contributed by atoms with van der Waals surface area (Å²) in [4.78, 5) is 30.4. The molecular formula is C24H25N5O4. The number of hydrogen-bond donors (Lipinski definition) is 1. The van der Waals surface area contributed by atoms with Crippen molar-refractivity contribution >= 4 is 17.7 Å². The molecule has 0 bridgehead atoms. The van der Waals surface area contributed by atoms with E-state index < -0.39 is 12.0 Å². The van der Waals surface area contributed by atoms with Crippen molar-refractivity contribution in [3.63, 3.8) is 0 Å². The van der Waals surface area contributed by atoms with Crippen LogP contribution in [0.3, 0.4) is 0 Å². The Labute approximate surface area is 191 Å². The molecule has 2 aromatic heterocycles. The number of nitrogens with two attached hydrogens (primary N) is 1. The van der Waals surface area contributed by atoms with E-state index in [0.29, 0.717) is 23.9 Å². The van der Waals surface area contributed by atoms with Gasteiger partial charge in [-0.15, -0.1) is 0 Å².